The molecule has 3 aromatic rings. The van der Waals surface area contributed by atoms with E-state index in [1.54, 1.807) is 19.3 Å². The van der Waals surface area contributed by atoms with Crippen molar-refractivity contribution in [3.05, 3.63) is 71.1 Å². The van der Waals surface area contributed by atoms with Gasteiger partial charge in [-0.1, -0.05) is 19.1 Å². The Kier molecular flexibility index (Phi) is 7.10. The number of alkyl halides is 2. The molecule has 2 aromatic heterocycles. The van der Waals surface area contributed by atoms with Crippen LogP contribution in [0.1, 0.15) is 78.1 Å². The Morgan fingerprint density at radius 2 is 2.02 bits per heavy atom. The number of halogens is 2. The number of hydrogen-bond donors (Lipinski definition) is 1. The Morgan fingerprint density at radius 1 is 1.22 bits per heavy atom. The van der Waals surface area contributed by atoms with E-state index in [1.807, 2.05) is 46.8 Å². The third kappa shape index (κ3) is 5.73. The zero-order valence-corrected chi connectivity index (χ0v) is 23.5. The summed E-state index contributed by atoms with van der Waals surface area (Å²) in [6.07, 6.45) is 5.73. The molecule has 2 aliphatic carbocycles. The first-order valence-electron chi connectivity index (χ1n) is 14.4. The fourth-order valence-electron chi connectivity index (χ4n) is 6.32. The third-order valence-corrected chi connectivity index (χ3v) is 9.05. The molecule has 1 aliphatic heterocycles. The number of nitriles is 1. The summed E-state index contributed by atoms with van der Waals surface area (Å²) in [6.45, 7) is 2.77. The van der Waals surface area contributed by atoms with E-state index in [4.69, 9.17) is 4.98 Å². The molecule has 3 heterocycles. The molecule has 10 heteroatoms. The Labute approximate surface area is 238 Å². The monoisotopic (exact) mass is 559 g/mol. The predicted molar refractivity (Wildman–Crippen MR) is 149 cm³/mol. The van der Waals surface area contributed by atoms with E-state index >= 15 is 0 Å². The third-order valence-electron chi connectivity index (χ3n) is 9.05. The maximum absolute atomic E-state index is 14.0. The van der Waals surface area contributed by atoms with Crippen molar-refractivity contribution in [2.24, 2.45) is 18.9 Å². The van der Waals surface area contributed by atoms with Crippen LogP contribution in [-0.4, -0.2) is 49.6 Å². The first-order valence-corrected chi connectivity index (χ1v) is 14.4. The van der Waals surface area contributed by atoms with Gasteiger partial charge in [0.15, 0.2) is 0 Å². The number of pyridine rings is 1. The molecule has 3 fully saturated rings. The number of benzene rings is 1. The lowest BCUT2D eigenvalue weighted by Crippen LogP contribution is -2.45. The molecule has 1 aromatic carbocycles. The summed E-state index contributed by atoms with van der Waals surface area (Å²) in [4.78, 5) is 20.2. The Bertz CT molecular complexity index is 1490. The number of piperidine rings is 1. The first kappa shape index (κ1) is 27.5. The predicted octanol–water partition coefficient (Wildman–Crippen LogP) is 5.23. The van der Waals surface area contributed by atoms with Crippen molar-refractivity contribution in [2.75, 3.05) is 18.4 Å². The topological polar surface area (TPSA) is 99.7 Å². The van der Waals surface area contributed by atoms with Crippen molar-refractivity contribution in [3.8, 4) is 6.07 Å². The molecular formula is C31H35F2N7O. The van der Waals surface area contributed by atoms with Gasteiger partial charge in [0.1, 0.15) is 17.8 Å². The number of nitrogens with zero attached hydrogens (tertiary/aromatic N) is 6. The molecule has 2 saturated carbocycles. The Morgan fingerprint density at radius 3 is 2.71 bits per heavy atom. The first-order chi connectivity index (χ1) is 19.6. The van der Waals surface area contributed by atoms with Crippen molar-refractivity contribution >= 4 is 11.6 Å². The number of carbonyl (C=O) groups is 1. The molecule has 1 amide bonds. The van der Waals surface area contributed by atoms with E-state index in [9.17, 15) is 18.8 Å². The van der Waals surface area contributed by atoms with E-state index < -0.39 is 11.8 Å². The highest BCUT2D eigenvalue weighted by atomic mass is 19.3. The summed E-state index contributed by atoms with van der Waals surface area (Å²) in [5.41, 5.74) is 3.64. The lowest BCUT2D eigenvalue weighted by molar-refractivity contribution is -0.100. The number of nitrogens with one attached hydrogen (secondary N) is 1. The van der Waals surface area contributed by atoms with E-state index in [0.717, 1.165) is 48.3 Å². The molecule has 0 radical (unpaired) electrons. The van der Waals surface area contributed by atoms with Crippen molar-refractivity contribution < 1.29 is 13.6 Å². The summed E-state index contributed by atoms with van der Waals surface area (Å²) < 4.78 is 30.0. The highest BCUT2D eigenvalue weighted by Crippen LogP contribution is 2.50. The van der Waals surface area contributed by atoms with Crippen LogP contribution >= 0.6 is 0 Å². The molecule has 0 spiro atoms. The number of hydrogen-bond acceptors (Lipinski definition) is 6. The SMILES string of the molecule is C[C@@H]1CN(Cc2cc(C(=O)Nc3cccc(C4(Cc5nncn5C)CC(C#N)C4)c3)nc(C3CC3)c2)CCC1(F)F. The van der Waals surface area contributed by atoms with Gasteiger partial charge in [-0.05, 0) is 61.1 Å². The summed E-state index contributed by atoms with van der Waals surface area (Å²) >= 11 is 0. The highest BCUT2D eigenvalue weighted by molar-refractivity contribution is 6.03. The van der Waals surface area contributed by atoms with E-state index in [0.29, 0.717) is 43.4 Å². The average Bonchev–Trinajstić information content (AvgIpc) is 3.70. The largest absolute Gasteiger partial charge is 0.321 e. The molecule has 6 rings (SSSR count). The van der Waals surface area contributed by atoms with Crippen molar-refractivity contribution in [1.29, 1.82) is 5.26 Å². The van der Waals surface area contributed by atoms with E-state index in [2.05, 4.69) is 21.6 Å². The second-order valence-corrected chi connectivity index (χ2v) is 12.3. The van der Waals surface area contributed by atoms with Crippen molar-refractivity contribution in [3.63, 3.8) is 0 Å². The minimum atomic E-state index is -2.63. The fourth-order valence-corrected chi connectivity index (χ4v) is 6.32. The molecule has 1 atom stereocenters. The molecule has 0 bridgehead atoms. The average molecular weight is 560 g/mol. The summed E-state index contributed by atoms with van der Waals surface area (Å²) in [5, 5.41) is 20.8. The van der Waals surface area contributed by atoms with Gasteiger partial charge in [0.25, 0.3) is 11.8 Å². The maximum Gasteiger partial charge on any atom is 0.274 e. The van der Waals surface area contributed by atoms with Crippen LogP contribution < -0.4 is 5.32 Å². The molecule has 8 nitrogen and oxygen atoms in total. The molecule has 0 unspecified atom stereocenters. The van der Waals surface area contributed by atoms with Gasteiger partial charge >= 0.3 is 0 Å². The molecule has 1 saturated heterocycles. The Balaban J connectivity index is 1.21. The van der Waals surface area contributed by atoms with Crippen LogP contribution in [0, 0.1) is 23.2 Å². The van der Waals surface area contributed by atoms with E-state index in [-0.39, 0.29) is 23.7 Å². The Hall–Kier alpha value is -3.71. The number of aryl methyl sites for hydroxylation is 1. The number of anilines is 1. The molecular weight excluding hydrogens is 524 g/mol. The maximum atomic E-state index is 14.0. The van der Waals surface area contributed by atoms with Crippen LogP contribution in [0.5, 0.6) is 0 Å². The van der Waals surface area contributed by atoms with Gasteiger partial charge in [-0.3, -0.25) is 9.69 Å². The molecule has 3 aliphatic rings. The van der Waals surface area contributed by atoms with Crippen LogP contribution in [0.4, 0.5) is 14.5 Å². The zero-order chi connectivity index (χ0) is 28.8. The van der Waals surface area contributed by atoms with Gasteiger partial charge < -0.3 is 9.88 Å². The van der Waals surface area contributed by atoms with Crippen LogP contribution in [0.2, 0.25) is 0 Å². The molecule has 214 valence electrons. The second kappa shape index (κ2) is 10.6. The number of carbonyl (C=O) groups excluding carboxylic acids is 1. The summed E-state index contributed by atoms with van der Waals surface area (Å²) in [7, 11) is 1.91. The number of rotatable bonds is 8. The fraction of sp³-hybridized carbons (Fsp3) is 0.516. The number of likely N-dealkylation sites (tertiary alicyclic amines) is 1. The van der Waals surface area contributed by atoms with Crippen molar-refractivity contribution in [2.45, 2.75) is 69.2 Å². The molecule has 1 N–H and O–H groups in total. The van der Waals surface area contributed by atoms with Crippen LogP contribution in [0.15, 0.2) is 42.7 Å². The smallest absolute Gasteiger partial charge is 0.274 e. The minimum Gasteiger partial charge on any atom is -0.321 e. The van der Waals surface area contributed by atoms with Gasteiger partial charge in [-0.15, -0.1) is 10.2 Å². The summed E-state index contributed by atoms with van der Waals surface area (Å²) in [6, 6.07) is 14.0. The number of aromatic nitrogens is 4. The molecule has 41 heavy (non-hydrogen) atoms. The quantitative estimate of drug-likeness (QED) is 0.406. The van der Waals surface area contributed by atoms with Gasteiger partial charge in [-0.25, -0.2) is 13.8 Å². The van der Waals surface area contributed by atoms with Crippen LogP contribution in [0.3, 0.4) is 0 Å². The highest BCUT2D eigenvalue weighted by Gasteiger charge is 2.46. The van der Waals surface area contributed by atoms with Gasteiger partial charge in [0, 0.05) is 74.1 Å². The second-order valence-electron chi connectivity index (χ2n) is 12.3. The lowest BCUT2D eigenvalue weighted by Gasteiger charge is -2.45. The normalized spacial score (nSPS) is 25.7. The summed E-state index contributed by atoms with van der Waals surface area (Å²) in [5.74, 6) is -2.43. The zero-order valence-electron chi connectivity index (χ0n) is 23.5. The van der Waals surface area contributed by atoms with Crippen LogP contribution in [0.25, 0.3) is 0 Å². The van der Waals surface area contributed by atoms with Crippen LogP contribution in [-0.2, 0) is 25.4 Å². The minimum absolute atomic E-state index is 0.0108. The van der Waals surface area contributed by atoms with E-state index in [1.165, 1.54) is 0 Å². The van der Waals surface area contributed by atoms with Crippen molar-refractivity contribution in [1.82, 2.24) is 24.6 Å². The standard InChI is InChI=1S/C31H35F2N7O/c1-20-17-40(9-8-31(20,32)33)18-21-10-26(23-6-7-23)37-27(11-21)29(41)36-25-5-3-4-24(12-25)30(13-22(14-30)16-34)15-28-38-35-19-39(28)2/h3-5,10-12,19-20,22-23H,6-9,13-15,17-18H2,1-2H3,(H,36,41)/t20-,22?,30?/m1/s1. The van der Waals surface area contributed by atoms with Gasteiger partial charge in [-0.2, -0.15) is 5.26 Å². The lowest BCUT2D eigenvalue weighted by atomic mass is 9.57. The van der Waals surface area contributed by atoms with Gasteiger partial charge in [0.05, 0.1) is 6.07 Å². The number of amides is 1. The van der Waals surface area contributed by atoms with Gasteiger partial charge in [0.2, 0.25) is 0 Å².